The van der Waals surface area contributed by atoms with Gasteiger partial charge in [0, 0.05) is 17.8 Å². The Morgan fingerprint density at radius 2 is 2.27 bits per heavy atom. The molecule has 3 N–H and O–H groups in total. The Bertz CT molecular complexity index is 624. The monoisotopic (exact) mass is 319 g/mol. The molecule has 22 heavy (non-hydrogen) atoms. The van der Waals surface area contributed by atoms with Crippen LogP contribution in [0.5, 0.6) is 0 Å². The number of fused-ring (bicyclic) bond motifs is 1. The number of hydrogen-bond acceptors (Lipinski definition) is 5. The quantitative estimate of drug-likeness (QED) is 0.801. The summed E-state index contributed by atoms with van der Waals surface area (Å²) in [7, 11) is 0. The molecule has 0 bridgehead atoms. The molecule has 2 aromatic rings. The van der Waals surface area contributed by atoms with Crippen LogP contribution < -0.4 is 11.1 Å². The number of amides is 1. The Hall–Kier alpha value is -1.66. The van der Waals surface area contributed by atoms with Gasteiger partial charge in [-0.2, -0.15) is 0 Å². The summed E-state index contributed by atoms with van der Waals surface area (Å²) in [4.78, 5) is 18.1. The van der Waals surface area contributed by atoms with E-state index in [-0.39, 0.29) is 5.91 Å². The molecule has 118 valence electrons. The molecule has 3 rings (SSSR count). The molecule has 0 saturated carbocycles. The molecule has 0 radical (unpaired) electrons. The van der Waals surface area contributed by atoms with Crippen molar-refractivity contribution in [3.63, 3.8) is 0 Å². The first-order valence-corrected chi connectivity index (χ1v) is 8.61. The zero-order chi connectivity index (χ0) is 15.4. The highest BCUT2D eigenvalue weighted by Crippen LogP contribution is 2.27. The van der Waals surface area contributed by atoms with Gasteiger partial charge in [0.2, 0.25) is 0 Å². The Labute approximate surface area is 133 Å². The summed E-state index contributed by atoms with van der Waals surface area (Å²) < 4.78 is 5.16. The topological polar surface area (TPSA) is 81.2 Å². The zero-order valence-corrected chi connectivity index (χ0v) is 13.4. The summed E-state index contributed by atoms with van der Waals surface area (Å²) in [6, 6.07) is 1.68. The van der Waals surface area contributed by atoms with Gasteiger partial charge in [0.15, 0.2) is 0 Å². The van der Waals surface area contributed by atoms with Crippen molar-refractivity contribution in [2.45, 2.75) is 45.1 Å². The van der Waals surface area contributed by atoms with Crippen LogP contribution in [0.2, 0.25) is 0 Å². The third-order valence-corrected chi connectivity index (χ3v) is 5.08. The van der Waals surface area contributed by atoms with Gasteiger partial charge in [-0.3, -0.25) is 4.79 Å². The molecule has 5 nitrogen and oxygen atoms in total. The van der Waals surface area contributed by atoms with Crippen LogP contribution in [0.4, 0.5) is 0 Å². The molecule has 0 aromatic carbocycles. The fourth-order valence-corrected chi connectivity index (χ4v) is 3.86. The number of furan rings is 1. The van der Waals surface area contributed by atoms with Gasteiger partial charge < -0.3 is 15.5 Å². The van der Waals surface area contributed by atoms with Crippen molar-refractivity contribution >= 4 is 17.2 Å². The second-order valence-corrected chi connectivity index (χ2v) is 6.72. The van der Waals surface area contributed by atoms with E-state index in [1.54, 1.807) is 6.07 Å². The first kappa shape index (κ1) is 15.2. The molecule has 0 aliphatic heterocycles. The molecule has 2 heterocycles. The normalized spacial score (nSPS) is 13.9. The van der Waals surface area contributed by atoms with Crippen LogP contribution >= 0.6 is 11.3 Å². The summed E-state index contributed by atoms with van der Waals surface area (Å²) in [6.07, 6.45) is 8.16. The van der Waals surface area contributed by atoms with Gasteiger partial charge in [-0.15, -0.1) is 11.3 Å². The zero-order valence-electron chi connectivity index (χ0n) is 12.6. The molecule has 0 atom stereocenters. The number of aromatic nitrogens is 1. The lowest BCUT2D eigenvalue weighted by Crippen LogP contribution is -2.24. The Morgan fingerprint density at radius 3 is 3.05 bits per heavy atom. The van der Waals surface area contributed by atoms with E-state index in [0.29, 0.717) is 24.4 Å². The number of rotatable bonds is 6. The summed E-state index contributed by atoms with van der Waals surface area (Å²) >= 11 is 1.84. The van der Waals surface area contributed by atoms with Crippen molar-refractivity contribution < 1.29 is 9.21 Å². The fourth-order valence-electron chi connectivity index (χ4n) is 2.66. The lowest BCUT2D eigenvalue weighted by atomic mass is 10.0. The summed E-state index contributed by atoms with van der Waals surface area (Å²) in [5.74, 6) is 0.514. The highest BCUT2D eigenvalue weighted by atomic mass is 32.1. The molecular formula is C16H21N3O2S. The van der Waals surface area contributed by atoms with Gasteiger partial charge in [-0.05, 0) is 38.2 Å². The Morgan fingerprint density at radius 1 is 1.41 bits per heavy atom. The first-order chi connectivity index (χ1) is 10.8. The third kappa shape index (κ3) is 3.56. The second kappa shape index (κ2) is 7.07. The molecule has 0 unspecified atom stereocenters. The van der Waals surface area contributed by atoms with Crippen LogP contribution in [0.1, 0.15) is 51.0 Å². The van der Waals surface area contributed by atoms with E-state index >= 15 is 0 Å². The molecule has 6 heteroatoms. The van der Waals surface area contributed by atoms with E-state index in [2.05, 4.69) is 5.32 Å². The van der Waals surface area contributed by atoms with Crippen molar-refractivity contribution in [2.75, 3.05) is 6.54 Å². The van der Waals surface area contributed by atoms with Crippen molar-refractivity contribution in [1.82, 2.24) is 10.3 Å². The average molecular weight is 319 g/mol. The van der Waals surface area contributed by atoms with E-state index in [1.807, 2.05) is 11.3 Å². The van der Waals surface area contributed by atoms with E-state index < -0.39 is 0 Å². The van der Waals surface area contributed by atoms with Gasteiger partial charge in [0.25, 0.3) is 5.91 Å². The number of hydrogen-bond donors (Lipinski definition) is 2. The number of carbonyl (C=O) groups is 1. The number of nitrogens with two attached hydrogens (primary N) is 1. The molecule has 1 amide bonds. The Balaban J connectivity index is 1.43. The SMILES string of the molecule is NCc1cc(C(=O)NCCCc2nc3c(s2)CCCC3)co1. The van der Waals surface area contributed by atoms with Gasteiger partial charge in [-0.1, -0.05) is 0 Å². The van der Waals surface area contributed by atoms with Crippen molar-refractivity contribution in [3.8, 4) is 0 Å². The summed E-state index contributed by atoms with van der Waals surface area (Å²) in [5.41, 5.74) is 7.30. The van der Waals surface area contributed by atoms with E-state index in [1.165, 1.54) is 41.1 Å². The maximum absolute atomic E-state index is 11.9. The second-order valence-electron chi connectivity index (χ2n) is 5.55. The maximum atomic E-state index is 11.9. The minimum atomic E-state index is -0.109. The molecule has 1 aliphatic carbocycles. The number of nitrogens with zero attached hydrogens (tertiary/aromatic N) is 1. The summed E-state index contributed by atoms with van der Waals surface area (Å²) in [5, 5.41) is 4.11. The highest BCUT2D eigenvalue weighted by molar-refractivity contribution is 7.11. The van der Waals surface area contributed by atoms with Crippen LogP contribution in [-0.2, 0) is 25.8 Å². The van der Waals surface area contributed by atoms with Crippen molar-refractivity contribution in [1.29, 1.82) is 0 Å². The largest absolute Gasteiger partial charge is 0.467 e. The molecule has 2 aromatic heterocycles. The molecule has 0 saturated heterocycles. The van der Waals surface area contributed by atoms with Crippen LogP contribution in [0.15, 0.2) is 16.7 Å². The van der Waals surface area contributed by atoms with Gasteiger partial charge in [0.1, 0.15) is 12.0 Å². The van der Waals surface area contributed by atoms with E-state index in [9.17, 15) is 4.79 Å². The van der Waals surface area contributed by atoms with Gasteiger partial charge >= 0.3 is 0 Å². The number of nitrogens with one attached hydrogen (secondary N) is 1. The standard InChI is InChI=1S/C16H21N3O2S/c17-9-12-8-11(10-21-12)16(20)18-7-3-6-15-19-13-4-1-2-5-14(13)22-15/h8,10H,1-7,9,17H2,(H,18,20). The number of thiazole rings is 1. The van der Waals surface area contributed by atoms with Crippen LogP contribution in [0.25, 0.3) is 0 Å². The average Bonchev–Trinajstić information content (AvgIpc) is 3.17. The number of carbonyl (C=O) groups excluding carboxylic acids is 1. The minimum absolute atomic E-state index is 0.109. The van der Waals surface area contributed by atoms with Crippen LogP contribution in [-0.4, -0.2) is 17.4 Å². The molecule has 0 fully saturated rings. The first-order valence-electron chi connectivity index (χ1n) is 7.79. The minimum Gasteiger partial charge on any atom is -0.467 e. The van der Waals surface area contributed by atoms with Crippen molar-refractivity contribution in [3.05, 3.63) is 39.2 Å². The smallest absolute Gasteiger partial charge is 0.254 e. The fraction of sp³-hybridized carbons (Fsp3) is 0.500. The third-order valence-electron chi connectivity index (χ3n) is 3.86. The molecule has 1 aliphatic rings. The Kier molecular flexibility index (Phi) is 4.90. The molecular weight excluding hydrogens is 298 g/mol. The van der Waals surface area contributed by atoms with Gasteiger partial charge in [-0.25, -0.2) is 4.98 Å². The predicted octanol–water partition coefficient (Wildman–Crippen LogP) is 2.44. The lowest BCUT2D eigenvalue weighted by Gasteiger charge is -2.06. The van der Waals surface area contributed by atoms with Gasteiger partial charge in [0.05, 0.1) is 22.8 Å². The molecule has 0 spiro atoms. The summed E-state index contributed by atoms with van der Waals surface area (Å²) in [6.45, 7) is 0.953. The lowest BCUT2D eigenvalue weighted by molar-refractivity contribution is 0.0952. The van der Waals surface area contributed by atoms with E-state index in [4.69, 9.17) is 15.1 Å². The van der Waals surface area contributed by atoms with Crippen molar-refractivity contribution in [2.24, 2.45) is 5.73 Å². The van der Waals surface area contributed by atoms with E-state index in [0.717, 1.165) is 19.3 Å². The van der Waals surface area contributed by atoms with Crippen LogP contribution in [0.3, 0.4) is 0 Å². The highest BCUT2D eigenvalue weighted by Gasteiger charge is 2.15. The maximum Gasteiger partial charge on any atom is 0.254 e. The number of aryl methyl sites for hydroxylation is 3. The van der Waals surface area contributed by atoms with Crippen LogP contribution in [0, 0.1) is 0 Å². The predicted molar refractivity (Wildman–Crippen MR) is 86.0 cm³/mol.